The van der Waals surface area contributed by atoms with Crippen molar-refractivity contribution in [3.05, 3.63) is 28.0 Å². The van der Waals surface area contributed by atoms with Crippen LogP contribution in [0.15, 0.2) is 22.4 Å². The fourth-order valence-corrected chi connectivity index (χ4v) is 2.22. The zero-order valence-electron chi connectivity index (χ0n) is 9.89. The molecule has 0 unspecified atom stereocenters. The zero-order valence-corrected chi connectivity index (χ0v) is 10.7. The first-order valence-corrected chi connectivity index (χ1v) is 6.02. The lowest BCUT2D eigenvalue weighted by atomic mass is 10.2. The molecule has 2 aromatic rings. The predicted molar refractivity (Wildman–Crippen MR) is 68.6 cm³/mol. The third-order valence-electron chi connectivity index (χ3n) is 3.00. The van der Waals surface area contributed by atoms with E-state index < -0.39 is 24.0 Å². The second kappa shape index (κ2) is 4.47. The van der Waals surface area contributed by atoms with Crippen LogP contribution in [-0.2, 0) is 4.74 Å². The number of aliphatic hydroxyl groups is 2. The third kappa shape index (κ3) is 1.75. The summed E-state index contributed by atoms with van der Waals surface area (Å²) >= 11 is 5.49. The third-order valence-corrected chi connectivity index (χ3v) is 3.21. The summed E-state index contributed by atoms with van der Waals surface area (Å²) in [5.41, 5.74) is 6.18. The van der Waals surface area contributed by atoms with Gasteiger partial charge in [0.25, 0.3) is 5.56 Å². The number of aromatic amines is 1. The lowest BCUT2D eigenvalue weighted by Crippen LogP contribution is -2.28. The summed E-state index contributed by atoms with van der Waals surface area (Å²) in [5, 5.41) is 19.7. The van der Waals surface area contributed by atoms with Crippen molar-refractivity contribution in [3.8, 4) is 0 Å². The molecule has 9 nitrogen and oxygen atoms in total. The Morgan fingerprint density at radius 3 is 2.95 bits per heavy atom. The molecule has 10 heteroatoms. The lowest BCUT2D eigenvalue weighted by Gasteiger charge is -2.15. The van der Waals surface area contributed by atoms with Gasteiger partial charge in [0.2, 0.25) is 12.2 Å². The number of H-pyrrole nitrogens is 1. The van der Waals surface area contributed by atoms with Crippen LogP contribution in [0.25, 0.3) is 11.2 Å². The molecule has 3 atom stereocenters. The molecule has 0 saturated carbocycles. The van der Waals surface area contributed by atoms with E-state index in [1.807, 2.05) is 0 Å². The quantitative estimate of drug-likeness (QED) is 0.531. The van der Waals surface area contributed by atoms with Gasteiger partial charge in [-0.05, 0) is 0 Å². The number of hydrogen-bond acceptors (Lipinski definition) is 7. The number of nitrogens with two attached hydrogens (primary N) is 1. The van der Waals surface area contributed by atoms with Gasteiger partial charge in [0.1, 0.15) is 24.3 Å². The number of anilines is 1. The summed E-state index contributed by atoms with van der Waals surface area (Å²) in [5.74, 6) is -0.0748. The Kier molecular flexibility index (Phi) is 2.89. The number of nitrogens with one attached hydrogen (secondary N) is 1. The molecule has 1 aliphatic rings. The van der Waals surface area contributed by atoms with E-state index in [0.717, 1.165) is 5.54 Å². The number of aliphatic hydroxyl groups excluding tert-OH is 2. The number of halogens is 1. The normalized spacial score (nSPS) is 28.1. The van der Waals surface area contributed by atoms with Crippen LogP contribution >= 0.6 is 11.6 Å². The fourth-order valence-electron chi connectivity index (χ4n) is 2.04. The van der Waals surface area contributed by atoms with Crippen molar-refractivity contribution in [1.82, 2.24) is 19.5 Å². The number of ether oxygens (including phenoxy) is 1. The maximum absolute atomic E-state index is 11.7. The second-order valence-electron chi connectivity index (χ2n) is 4.23. The van der Waals surface area contributed by atoms with Crippen molar-refractivity contribution < 1.29 is 14.9 Å². The van der Waals surface area contributed by atoms with E-state index in [2.05, 4.69) is 15.0 Å². The van der Waals surface area contributed by atoms with Gasteiger partial charge in [-0.15, -0.1) is 0 Å². The first-order chi connectivity index (χ1) is 9.52. The van der Waals surface area contributed by atoms with E-state index in [0.29, 0.717) is 0 Å². The molecule has 1 aliphatic heterocycles. The van der Waals surface area contributed by atoms with Gasteiger partial charge in [0.15, 0.2) is 11.2 Å². The van der Waals surface area contributed by atoms with Gasteiger partial charge in [0, 0.05) is 5.54 Å². The van der Waals surface area contributed by atoms with Gasteiger partial charge >= 0.3 is 0 Å². The minimum absolute atomic E-state index is 0.0174. The van der Waals surface area contributed by atoms with E-state index in [1.165, 1.54) is 10.9 Å². The van der Waals surface area contributed by atoms with Crippen LogP contribution in [0.5, 0.6) is 0 Å². The molecule has 0 aromatic carbocycles. The summed E-state index contributed by atoms with van der Waals surface area (Å²) in [4.78, 5) is 21.8. The van der Waals surface area contributed by atoms with Crippen LogP contribution in [0.4, 0.5) is 5.95 Å². The summed E-state index contributed by atoms with van der Waals surface area (Å²) in [6.45, 7) is 0. The highest BCUT2D eigenvalue weighted by Crippen LogP contribution is 2.33. The van der Waals surface area contributed by atoms with Gasteiger partial charge in [-0.25, -0.2) is 4.98 Å². The first kappa shape index (κ1) is 12.9. The van der Waals surface area contributed by atoms with E-state index in [1.54, 1.807) is 0 Å². The highest BCUT2D eigenvalue weighted by atomic mass is 35.5. The molecule has 3 rings (SSSR count). The van der Waals surface area contributed by atoms with Crippen LogP contribution in [0.1, 0.15) is 6.23 Å². The van der Waals surface area contributed by atoms with E-state index >= 15 is 0 Å². The molecule has 0 aliphatic carbocycles. The molecule has 1 saturated heterocycles. The maximum atomic E-state index is 11.7. The number of nitrogens with zero attached hydrogens (tertiary/aromatic N) is 3. The Hall–Kier alpha value is -2.10. The summed E-state index contributed by atoms with van der Waals surface area (Å²) in [6, 6.07) is 0. The van der Waals surface area contributed by atoms with Gasteiger partial charge in [-0.2, -0.15) is 4.98 Å². The monoisotopic (exact) mass is 299 g/mol. The molecule has 3 heterocycles. The standard InChI is InChI=1S/C10H10ClN5O4/c11-1-3-5(17)6(18)9(20-3)16-2-13-4-7(16)14-10(12)15-8(4)19/h1-2,5-6,9,17-18H,(H3,12,14,15,19)/b3-1+/t5-,6-,9-/m1/s1. The molecule has 2 aromatic heterocycles. The highest BCUT2D eigenvalue weighted by molar-refractivity contribution is 6.25. The largest absolute Gasteiger partial charge is 0.468 e. The van der Waals surface area contributed by atoms with Gasteiger partial charge < -0.3 is 20.7 Å². The van der Waals surface area contributed by atoms with E-state index in [9.17, 15) is 15.0 Å². The number of imidazole rings is 1. The van der Waals surface area contributed by atoms with Crippen molar-refractivity contribution in [2.45, 2.75) is 18.4 Å². The van der Waals surface area contributed by atoms with Crippen LogP contribution in [0.3, 0.4) is 0 Å². The molecular formula is C10H10ClN5O4. The molecule has 20 heavy (non-hydrogen) atoms. The summed E-state index contributed by atoms with van der Waals surface area (Å²) in [7, 11) is 0. The van der Waals surface area contributed by atoms with Crippen molar-refractivity contribution in [2.24, 2.45) is 0 Å². The Labute approximate surface area is 116 Å². The summed E-state index contributed by atoms with van der Waals surface area (Å²) in [6.07, 6.45) is -2.29. The SMILES string of the molecule is Nc1nc2c(ncn2[C@@H]2O/C(=C/Cl)[C@@H](O)[C@H]2O)c(=O)[nH]1. The molecule has 106 valence electrons. The van der Waals surface area contributed by atoms with Gasteiger partial charge in [0.05, 0.1) is 0 Å². The molecule has 0 amide bonds. The molecule has 0 radical (unpaired) electrons. The van der Waals surface area contributed by atoms with E-state index in [-0.39, 0.29) is 22.9 Å². The fraction of sp³-hybridized carbons (Fsp3) is 0.300. The predicted octanol–water partition coefficient (Wildman–Crippen LogP) is -0.967. The average Bonchev–Trinajstić information content (AvgIpc) is 2.93. The van der Waals surface area contributed by atoms with Crippen molar-refractivity contribution in [1.29, 1.82) is 0 Å². The minimum Gasteiger partial charge on any atom is -0.468 e. The molecule has 0 spiro atoms. The average molecular weight is 300 g/mol. The molecule has 1 fully saturated rings. The van der Waals surface area contributed by atoms with Gasteiger partial charge in [-0.3, -0.25) is 14.3 Å². The van der Waals surface area contributed by atoms with Crippen LogP contribution in [-0.4, -0.2) is 41.9 Å². The number of aromatic nitrogens is 4. The number of rotatable bonds is 1. The topological polar surface area (TPSA) is 139 Å². The zero-order chi connectivity index (χ0) is 14.4. The second-order valence-corrected chi connectivity index (χ2v) is 4.45. The Bertz CT molecular complexity index is 754. The maximum Gasteiger partial charge on any atom is 0.280 e. The van der Waals surface area contributed by atoms with Crippen molar-refractivity contribution in [2.75, 3.05) is 5.73 Å². The smallest absolute Gasteiger partial charge is 0.280 e. The van der Waals surface area contributed by atoms with Crippen LogP contribution in [0.2, 0.25) is 0 Å². The minimum atomic E-state index is -1.28. The van der Waals surface area contributed by atoms with Crippen molar-refractivity contribution >= 4 is 28.7 Å². The summed E-state index contributed by atoms with van der Waals surface area (Å²) < 4.78 is 6.63. The molecular weight excluding hydrogens is 290 g/mol. The molecule has 0 bridgehead atoms. The Morgan fingerprint density at radius 1 is 1.55 bits per heavy atom. The number of hydrogen-bond donors (Lipinski definition) is 4. The Morgan fingerprint density at radius 2 is 2.30 bits per heavy atom. The van der Waals surface area contributed by atoms with Crippen molar-refractivity contribution in [3.63, 3.8) is 0 Å². The molecule has 5 N–H and O–H groups in total. The number of nitrogen functional groups attached to an aromatic ring is 1. The van der Waals surface area contributed by atoms with Crippen LogP contribution < -0.4 is 11.3 Å². The van der Waals surface area contributed by atoms with Gasteiger partial charge in [-0.1, -0.05) is 11.6 Å². The highest BCUT2D eigenvalue weighted by Gasteiger charge is 2.41. The Balaban J connectivity index is 2.14. The lowest BCUT2D eigenvalue weighted by molar-refractivity contribution is -0.0118. The van der Waals surface area contributed by atoms with Crippen LogP contribution in [0, 0.1) is 0 Å². The number of fused-ring (bicyclic) bond motifs is 1. The van der Waals surface area contributed by atoms with E-state index in [4.69, 9.17) is 22.1 Å². The first-order valence-electron chi connectivity index (χ1n) is 5.58.